The van der Waals surface area contributed by atoms with Gasteiger partial charge in [0.05, 0.1) is 10.4 Å². The maximum absolute atomic E-state index is 6.00. The van der Waals surface area contributed by atoms with E-state index < -0.39 is 0 Å². The van der Waals surface area contributed by atoms with E-state index in [1.54, 1.807) is 11.3 Å². The van der Waals surface area contributed by atoms with Crippen molar-refractivity contribution < 1.29 is 0 Å². The lowest BCUT2D eigenvalue weighted by Gasteiger charge is -2.09. The van der Waals surface area contributed by atoms with Crippen molar-refractivity contribution in [1.29, 1.82) is 0 Å². The Labute approximate surface area is 110 Å². The number of hydrogen-bond acceptors (Lipinski definition) is 2. The normalized spacial score (nSPS) is 17.9. The number of rotatable bonds is 1. The molecule has 0 spiro atoms. The van der Waals surface area contributed by atoms with Crippen molar-refractivity contribution in [3.8, 4) is 0 Å². The van der Waals surface area contributed by atoms with E-state index in [2.05, 4.69) is 37.4 Å². The van der Waals surface area contributed by atoms with Crippen LogP contribution in [0.25, 0.3) is 0 Å². The maximum atomic E-state index is 6.00. The minimum Gasteiger partial charge on any atom is -0.377 e. The first kappa shape index (κ1) is 11.1. The van der Waals surface area contributed by atoms with Crippen molar-refractivity contribution in [1.82, 2.24) is 0 Å². The minimum atomic E-state index is 0.392. The van der Waals surface area contributed by atoms with E-state index in [9.17, 15) is 0 Å². The van der Waals surface area contributed by atoms with Gasteiger partial charge < -0.3 is 5.32 Å². The SMILES string of the molecule is Cc1cc(C)c2c(c1)CC(c1ccc(Cl)s1)N2. The number of halogens is 1. The minimum absolute atomic E-state index is 0.392. The molecule has 0 saturated heterocycles. The van der Waals surface area contributed by atoms with Gasteiger partial charge in [-0.2, -0.15) is 0 Å². The average molecular weight is 264 g/mol. The molecule has 1 aliphatic rings. The lowest BCUT2D eigenvalue weighted by atomic mass is 10.0. The monoisotopic (exact) mass is 263 g/mol. The van der Waals surface area contributed by atoms with Gasteiger partial charge in [0, 0.05) is 10.6 Å². The lowest BCUT2D eigenvalue weighted by molar-refractivity contribution is 0.843. The summed E-state index contributed by atoms with van der Waals surface area (Å²) in [5.41, 5.74) is 5.42. The van der Waals surface area contributed by atoms with Crippen molar-refractivity contribution in [2.75, 3.05) is 5.32 Å². The number of fused-ring (bicyclic) bond motifs is 1. The standard InChI is InChI=1S/C14H14ClNS/c1-8-5-9(2)14-10(6-8)7-11(16-14)12-3-4-13(15)17-12/h3-6,11,16H,7H2,1-2H3. The summed E-state index contributed by atoms with van der Waals surface area (Å²) in [6.45, 7) is 4.32. The highest BCUT2D eigenvalue weighted by molar-refractivity contribution is 7.16. The summed E-state index contributed by atoms with van der Waals surface area (Å²) in [6.07, 6.45) is 1.06. The van der Waals surface area contributed by atoms with Crippen LogP contribution in [0.2, 0.25) is 4.34 Å². The van der Waals surface area contributed by atoms with E-state index in [4.69, 9.17) is 11.6 Å². The third kappa shape index (κ3) is 1.96. The molecule has 0 fully saturated rings. The second-order valence-electron chi connectivity index (χ2n) is 4.66. The number of nitrogens with one attached hydrogen (secondary N) is 1. The summed E-state index contributed by atoms with van der Waals surface area (Å²) in [5, 5.41) is 3.61. The summed E-state index contributed by atoms with van der Waals surface area (Å²) in [4.78, 5) is 1.32. The highest BCUT2D eigenvalue weighted by Crippen LogP contribution is 2.39. The molecule has 0 saturated carbocycles. The van der Waals surface area contributed by atoms with Crippen LogP contribution in [0.1, 0.15) is 27.6 Å². The highest BCUT2D eigenvalue weighted by atomic mass is 35.5. The van der Waals surface area contributed by atoms with Crippen LogP contribution in [-0.4, -0.2) is 0 Å². The number of thiophene rings is 1. The second kappa shape index (κ2) is 4.04. The van der Waals surface area contributed by atoms with E-state index in [0.29, 0.717) is 6.04 Å². The van der Waals surface area contributed by atoms with E-state index in [1.807, 2.05) is 6.07 Å². The highest BCUT2D eigenvalue weighted by Gasteiger charge is 2.24. The average Bonchev–Trinajstić information content (AvgIpc) is 2.83. The molecule has 0 aliphatic carbocycles. The number of benzene rings is 1. The van der Waals surface area contributed by atoms with Crippen LogP contribution < -0.4 is 5.32 Å². The van der Waals surface area contributed by atoms with Crippen LogP contribution in [0.15, 0.2) is 24.3 Å². The Hall–Kier alpha value is -0.990. The summed E-state index contributed by atoms with van der Waals surface area (Å²) >= 11 is 7.67. The quantitative estimate of drug-likeness (QED) is 0.784. The Bertz CT molecular complexity index is 574. The molecule has 0 amide bonds. The summed E-state index contributed by atoms with van der Waals surface area (Å²) in [7, 11) is 0. The van der Waals surface area contributed by atoms with Gasteiger partial charge in [-0.05, 0) is 43.5 Å². The molecule has 88 valence electrons. The fraction of sp³-hybridized carbons (Fsp3) is 0.286. The van der Waals surface area contributed by atoms with E-state index in [-0.39, 0.29) is 0 Å². The molecule has 1 aliphatic heterocycles. The van der Waals surface area contributed by atoms with Crippen molar-refractivity contribution in [3.63, 3.8) is 0 Å². The van der Waals surface area contributed by atoms with Gasteiger partial charge in [-0.1, -0.05) is 29.3 Å². The Kier molecular flexibility index (Phi) is 2.64. The molecule has 0 radical (unpaired) electrons. The molecule has 1 unspecified atom stereocenters. The zero-order valence-corrected chi connectivity index (χ0v) is 11.5. The van der Waals surface area contributed by atoms with Gasteiger partial charge in [-0.25, -0.2) is 0 Å². The number of aryl methyl sites for hydroxylation is 2. The molecule has 1 N–H and O–H groups in total. The first-order valence-electron chi connectivity index (χ1n) is 5.75. The third-order valence-electron chi connectivity index (χ3n) is 3.24. The zero-order valence-electron chi connectivity index (χ0n) is 9.88. The summed E-state index contributed by atoms with van der Waals surface area (Å²) in [5.74, 6) is 0. The topological polar surface area (TPSA) is 12.0 Å². The lowest BCUT2D eigenvalue weighted by Crippen LogP contribution is -2.03. The Morgan fingerprint density at radius 2 is 2.12 bits per heavy atom. The Morgan fingerprint density at radius 1 is 1.29 bits per heavy atom. The van der Waals surface area contributed by atoms with Crippen LogP contribution in [0.3, 0.4) is 0 Å². The third-order valence-corrected chi connectivity index (χ3v) is 4.59. The molecule has 0 bridgehead atoms. The van der Waals surface area contributed by atoms with Crippen molar-refractivity contribution >= 4 is 28.6 Å². The van der Waals surface area contributed by atoms with Gasteiger partial charge in [0.25, 0.3) is 0 Å². The molecule has 3 heteroatoms. The van der Waals surface area contributed by atoms with Crippen molar-refractivity contribution in [2.45, 2.75) is 26.3 Å². The number of anilines is 1. The predicted molar refractivity (Wildman–Crippen MR) is 75.3 cm³/mol. The van der Waals surface area contributed by atoms with E-state index in [0.717, 1.165) is 10.8 Å². The van der Waals surface area contributed by atoms with Crippen LogP contribution in [0.5, 0.6) is 0 Å². The Balaban J connectivity index is 1.95. The molecule has 2 aromatic rings. The van der Waals surface area contributed by atoms with Crippen LogP contribution in [-0.2, 0) is 6.42 Å². The molecule has 1 aromatic carbocycles. The van der Waals surface area contributed by atoms with Gasteiger partial charge in [-0.15, -0.1) is 11.3 Å². The van der Waals surface area contributed by atoms with E-state index >= 15 is 0 Å². The predicted octanol–water partition coefficient (Wildman–Crippen LogP) is 4.73. The molecule has 1 aromatic heterocycles. The van der Waals surface area contributed by atoms with Gasteiger partial charge in [-0.3, -0.25) is 0 Å². The maximum Gasteiger partial charge on any atom is 0.0932 e. The fourth-order valence-corrected chi connectivity index (χ4v) is 3.67. The summed E-state index contributed by atoms with van der Waals surface area (Å²) in [6, 6.07) is 9.01. The van der Waals surface area contributed by atoms with Crippen LogP contribution in [0.4, 0.5) is 5.69 Å². The fourth-order valence-electron chi connectivity index (χ4n) is 2.56. The first-order valence-corrected chi connectivity index (χ1v) is 6.95. The largest absolute Gasteiger partial charge is 0.377 e. The molecule has 3 rings (SSSR count). The molecular weight excluding hydrogens is 250 g/mol. The first-order chi connectivity index (χ1) is 8.13. The smallest absolute Gasteiger partial charge is 0.0932 e. The molecule has 1 atom stereocenters. The van der Waals surface area contributed by atoms with Crippen LogP contribution in [0, 0.1) is 13.8 Å². The van der Waals surface area contributed by atoms with Gasteiger partial charge >= 0.3 is 0 Å². The van der Waals surface area contributed by atoms with Gasteiger partial charge in [0.15, 0.2) is 0 Å². The second-order valence-corrected chi connectivity index (χ2v) is 6.41. The van der Waals surface area contributed by atoms with Crippen molar-refractivity contribution in [2.24, 2.45) is 0 Å². The molecule has 1 nitrogen and oxygen atoms in total. The van der Waals surface area contributed by atoms with E-state index in [1.165, 1.54) is 27.3 Å². The molecular formula is C14H14ClNS. The summed E-state index contributed by atoms with van der Waals surface area (Å²) < 4.78 is 0.866. The Morgan fingerprint density at radius 3 is 2.82 bits per heavy atom. The molecule has 17 heavy (non-hydrogen) atoms. The van der Waals surface area contributed by atoms with Crippen LogP contribution >= 0.6 is 22.9 Å². The van der Waals surface area contributed by atoms with Crippen molar-refractivity contribution in [3.05, 3.63) is 50.2 Å². The zero-order chi connectivity index (χ0) is 12.0. The van der Waals surface area contributed by atoms with Gasteiger partial charge in [0.2, 0.25) is 0 Å². The van der Waals surface area contributed by atoms with Gasteiger partial charge in [0.1, 0.15) is 0 Å². The molecule has 2 heterocycles. The number of hydrogen-bond donors (Lipinski definition) is 1.